The summed E-state index contributed by atoms with van der Waals surface area (Å²) in [6.45, 7) is 2.18. The normalized spacial score (nSPS) is 16.8. The van der Waals surface area contributed by atoms with Gasteiger partial charge in [-0.2, -0.15) is 0 Å². The molecule has 0 radical (unpaired) electrons. The van der Waals surface area contributed by atoms with E-state index in [9.17, 15) is 4.21 Å². The summed E-state index contributed by atoms with van der Waals surface area (Å²) in [4.78, 5) is 3.16. The highest BCUT2D eigenvalue weighted by Gasteiger charge is 2.15. The van der Waals surface area contributed by atoms with Gasteiger partial charge in [0, 0.05) is 29.5 Å². The fourth-order valence-electron chi connectivity index (χ4n) is 1.89. The van der Waals surface area contributed by atoms with E-state index in [0.29, 0.717) is 5.75 Å². The van der Waals surface area contributed by atoms with Crippen LogP contribution in [0.1, 0.15) is 12.8 Å². The fraction of sp³-hybridized carbons (Fsp3) is 0.462. The molecule has 1 atom stereocenters. The monoisotopic (exact) mass is 299 g/mol. The van der Waals surface area contributed by atoms with E-state index in [4.69, 9.17) is 12.2 Å². The van der Waals surface area contributed by atoms with Crippen LogP contribution in [0.3, 0.4) is 0 Å². The molecule has 0 amide bonds. The molecular weight excluding hydrogens is 282 g/mol. The topological polar surface area (TPSA) is 20.3 Å². The summed E-state index contributed by atoms with van der Waals surface area (Å²) in [5.41, 5.74) is 0. The molecule has 1 aliphatic heterocycles. The van der Waals surface area contributed by atoms with E-state index >= 15 is 0 Å². The Labute approximate surface area is 121 Å². The minimum absolute atomic E-state index is 0.669. The predicted octanol–water partition coefficient (Wildman–Crippen LogP) is 2.91. The van der Waals surface area contributed by atoms with Gasteiger partial charge in [-0.3, -0.25) is 4.21 Å². The van der Waals surface area contributed by atoms with Crippen molar-refractivity contribution >= 4 is 39.1 Å². The van der Waals surface area contributed by atoms with Gasteiger partial charge in [0.25, 0.3) is 0 Å². The molecule has 2 rings (SSSR count). The zero-order valence-electron chi connectivity index (χ0n) is 10.2. The zero-order chi connectivity index (χ0) is 12.8. The molecule has 1 aliphatic rings. The molecular formula is C13H17NOS3. The second-order valence-electron chi connectivity index (χ2n) is 4.17. The van der Waals surface area contributed by atoms with Gasteiger partial charge in [-0.25, -0.2) is 0 Å². The average molecular weight is 299 g/mol. The van der Waals surface area contributed by atoms with Gasteiger partial charge in [0.2, 0.25) is 0 Å². The Hall–Kier alpha value is -0.390. The predicted molar refractivity (Wildman–Crippen MR) is 83.6 cm³/mol. The molecule has 0 aromatic heterocycles. The third kappa shape index (κ3) is 4.07. The van der Waals surface area contributed by atoms with Gasteiger partial charge < -0.3 is 4.90 Å². The Morgan fingerprint density at radius 1 is 1.28 bits per heavy atom. The summed E-state index contributed by atoms with van der Waals surface area (Å²) in [7, 11) is -0.900. The molecule has 2 nitrogen and oxygen atoms in total. The van der Waals surface area contributed by atoms with Gasteiger partial charge in [0.15, 0.2) is 0 Å². The van der Waals surface area contributed by atoms with Gasteiger partial charge in [0.1, 0.15) is 4.32 Å². The van der Waals surface area contributed by atoms with Gasteiger partial charge in [0.05, 0.1) is 10.8 Å². The van der Waals surface area contributed by atoms with Crippen molar-refractivity contribution in [3.8, 4) is 0 Å². The molecule has 1 fully saturated rings. The smallest absolute Gasteiger partial charge is 0.136 e. The van der Waals surface area contributed by atoms with Gasteiger partial charge in [-0.05, 0) is 25.0 Å². The van der Waals surface area contributed by atoms with E-state index in [1.165, 1.54) is 12.8 Å². The van der Waals surface area contributed by atoms with Gasteiger partial charge >= 0.3 is 0 Å². The van der Waals surface area contributed by atoms with Crippen molar-refractivity contribution in [3.05, 3.63) is 30.3 Å². The Bertz CT molecular complexity index is 416. The summed E-state index contributed by atoms with van der Waals surface area (Å²) < 4.78 is 13.0. The first-order chi connectivity index (χ1) is 8.77. The number of nitrogens with zero attached hydrogens (tertiary/aromatic N) is 1. The number of benzene rings is 1. The quantitative estimate of drug-likeness (QED) is 0.796. The van der Waals surface area contributed by atoms with Crippen LogP contribution in [-0.2, 0) is 10.8 Å². The maximum Gasteiger partial charge on any atom is 0.136 e. The van der Waals surface area contributed by atoms with E-state index < -0.39 is 10.8 Å². The first-order valence-corrected chi connectivity index (χ1v) is 8.84. The van der Waals surface area contributed by atoms with Crippen molar-refractivity contribution < 1.29 is 4.21 Å². The fourth-order valence-corrected chi connectivity index (χ4v) is 4.49. The lowest BCUT2D eigenvalue weighted by Gasteiger charge is -2.17. The number of likely N-dealkylation sites (tertiary alicyclic amines) is 1. The molecule has 1 aromatic carbocycles. The van der Waals surface area contributed by atoms with Crippen molar-refractivity contribution in [1.82, 2.24) is 4.90 Å². The summed E-state index contributed by atoms with van der Waals surface area (Å²) in [6, 6.07) is 9.63. The molecule has 5 heteroatoms. The highest BCUT2D eigenvalue weighted by Crippen LogP contribution is 2.17. The first kappa shape index (κ1) is 14.0. The van der Waals surface area contributed by atoms with Crippen molar-refractivity contribution in [2.75, 3.05) is 24.6 Å². The maximum atomic E-state index is 12.0. The van der Waals surface area contributed by atoms with E-state index in [0.717, 1.165) is 28.1 Å². The third-order valence-corrected chi connectivity index (χ3v) is 6.02. The lowest BCUT2D eigenvalue weighted by atomic mass is 10.4. The molecule has 18 heavy (non-hydrogen) atoms. The Balaban J connectivity index is 1.72. The minimum Gasteiger partial charge on any atom is -0.358 e. The number of thioether (sulfide) groups is 1. The Morgan fingerprint density at radius 3 is 2.61 bits per heavy atom. The number of hydrogen-bond donors (Lipinski definition) is 0. The summed E-state index contributed by atoms with van der Waals surface area (Å²) >= 11 is 7.03. The van der Waals surface area contributed by atoms with Crippen LogP contribution < -0.4 is 0 Å². The van der Waals surface area contributed by atoms with Crippen LogP contribution in [-0.4, -0.2) is 38.0 Å². The van der Waals surface area contributed by atoms with Crippen LogP contribution in [0.2, 0.25) is 0 Å². The summed E-state index contributed by atoms with van der Waals surface area (Å²) in [5, 5.41) is 0. The van der Waals surface area contributed by atoms with Gasteiger partial charge in [-0.15, -0.1) is 0 Å². The number of rotatable bonds is 4. The molecule has 98 valence electrons. The Kier molecular flexibility index (Phi) is 5.66. The summed E-state index contributed by atoms with van der Waals surface area (Å²) in [6.07, 6.45) is 2.49. The maximum absolute atomic E-state index is 12.0. The first-order valence-electron chi connectivity index (χ1n) is 6.12. The lowest BCUT2D eigenvalue weighted by molar-refractivity contribution is 0.539. The number of hydrogen-bond acceptors (Lipinski definition) is 3. The largest absolute Gasteiger partial charge is 0.358 e. The van der Waals surface area contributed by atoms with Crippen LogP contribution in [0.15, 0.2) is 35.2 Å². The van der Waals surface area contributed by atoms with Crippen molar-refractivity contribution in [3.63, 3.8) is 0 Å². The van der Waals surface area contributed by atoms with E-state index in [1.54, 1.807) is 11.8 Å². The highest BCUT2D eigenvalue weighted by molar-refractivity contribution is 8.23. The molecule has 0 bridgehead atoms. The van der Waals surface area contributed by atoms with E-state index in [-0.39, 0.29) is 0 Å². The number of thiocarbonyl (C=S) groups is 1. The standard InChI is InChI=1S/C13H17NOS3/c15-18(12-6-2-1-3-7-12)11-10-17-13(16)14-8-4-5-9-14/h1-3,6-7H,4-5,8-11H2/t18-/m1/s1. The molecule has 0 aliphatic carbocycles. The molecule has 0 N–H and O–H groups in total. The molecule has 1 saturated heterocycles. The SMILES string of the molecule is O=[S@](CCSC(=S)N1CCCC1)c1ccccc1. The van der Waals surface area contributed by atoms with Crippen molar-refractivity contribution in [2.24, 2.45) is 0 Å². The molecule has 0 saturated carbocycles. The van der Waals surface area contributed by atoms with Crippen LogP contribution in [0.5, 0.6) is 0 Å². The molecule has 1 heterocycles. The van der Waals surface area contributed by atoms with Crippen LogP contribution in [0.25, 0.3) is 0 Å². The average Bonchev–Trinajstić information content (AvgIpc) is 2.93. The molecule has 1 aromatic rings. The van der Waals surface area contributed by atoms with Crippen LogP contribution in [0.4, 0.5) is 0 Å². The van der Waals surface area contributed by atoms with Crippen LogP contribution >= 0.6 is 24.0 Å². The minimum atomic E-state index is -0.900. The third-order valence-electron chi connectivity index (χ3n) is 2.86. The summed E-state index contributed by atoms with van der Waals surface area (Å²) in [5.74, 6) is 1.50. The van der Waals surface area contributed by atoms with E-state index in [2.05, 4.69) is 4.90 Å². The Morgan fingerprint density at radius 2 is 1.94 bits per heavy atom. The second kappa shape index (κ2) is 7.26. The van der Waals surface area contributed by atoms with Crippen molar-refractivity contribution in [2.45, 2.75) is 17.7 Å². The lowest BCUT2D eigenvalue weighted by Crippen LogP contribution is -2.23. The van der Waals surface area contributed by atoms with E-state index in [1.807, 2.05) is 30.3 Å². The second-order valence-corrected chi connectivity index (χ2v) is 7.47. The zero-order valence-corrected chi connectivity index (χ0v) is 12.7. The highest BCUT2D eigenvalue weighted by atomic mass is 32.2. The molecule has 0 unspecified atom stereocenters. The van der Waals surface area contributed by atoms with Crippen molar-refractivity contribution in [1.29, 1.82) is 0 Å². The van der Waals surface area contributed by atoms with Crippen LogP contribution in [0, 0.1) is 0 Å². The van der Waals surface area contributed by atoms with Gasteiger partial charge in [-0.1, -0.05) is 42.2 Å². The molecule has 0 spiro atoms.